The van der Waals surface area contributed by atoms with Crippen molar-refractivity contribution in [3.05, 3.63) is 107 Å². The summed E-state index contributed by atoms with van der Waals surface area (Å²) >= 11 is 0. The number of hydrogen-bond acceptors (Lipinski definition) is 3. The molecule has 2 N–H and O–H groups in total. The van der Waals surface area contributed by atoms with Crippen molar-refractivity contribution in [1.82, 2.24) is 10.9 Å². The summed E-state index contributed by atoms with van der Waals surface area (Å²) in [4.78, 5) is 24.0. The van der Waals surface area contributed by atoms with Crippen molar-refractivity contribution in [2.45, 2.75) is 13.5 Å². The summed E-state index contributed by atoms with van der Waals surface area (Å²) < 4.78 is 5.70. The topological polar surface area (TPSA) is 67.4 Å². The number of hydrogen-bond donors (Lipinski definition) is 2. The molecule has 0 saturated carbocycles. The van der Waals surface area contributed by atoms with Crippen LogP contribution in [0.15, 0.2) is 84.9 Å². The van der Waals surface area contributed by atoms with Crippen LogP contribution in [0.2, 0.25) is 0 Å². The predicted molar refractivity (Wildman–Crippen MR) is 113 cm³/mol. The van der Waals surface area contributed by atoms with E-state index in [1.807, 2.05) is 61.5 Å². The van der Waals surface area contributed by atoms with Gasteiger partial charge in [0.15, 0.2) is 0 Å². The maximum absolute atomic E-state index is 12.2. The molecule has 0 aromatic heterocycles. The Hall–Kier alpha value is -3.86. The van der Waals surface area contributed by atoms with Gasteiger partial charge in [-0.2, -0.15) is 0 Å². The Labute approximate surface area is 170 Å². The standard InChI is InChI=1S/C24H22N2O3/c1-18-7-9-19(10-8-18)11-16-23(27)25-26-24(28)21-12-14-22(15-13-21)29-17-20-5-3-2-4-6-20/h2-16H,17H2,1H3,(H,25,27)(H,26,28)/b16-11+. The van der Waals surface area contributed by atoms with Crippen LogP contribution < -0.4 is 15.6 Å². The molecule has 0 spiro atoms. The third-order valence-corrected chi connectivity index (χ3v) is 4.17. The zero-order valence-electron chi connectivity index (χ0n) is 16.1. The first-order chi connectivity index (χ1) is 14.1. The second-order valence-corrected chi connectivity index (χ2v) is 6.49. The minimum Gasteiger partial charge on any atom is -0.489 e. The molecule has 0 unspecified atom stereocenters. The first-order valence-electron chi connectivity index (χ1n) is 9.22. The van der Waals surface area contributed by atoms with Gasteiger partial charge in [0.2, 0.25) is 0 Å². The molecule has 146 valence electrons. The number of hydrazine groups is 1. The van der Waals surface area contributed by atoms with Gasteiger partial charge >= 0.3 is 0 Å². The second kappa shape index (κ2) is 9.90. The van der Waals surface area contributed by atoms with E-state index in [0.717, 1.165) is 16.7 Å². The molecule has 29 heavy (non-hydrogen) atoms. The lowest BCUT2D eigenvalue weighted by molar-refractivity contribution is -0.117. The Morgan fingerprint density at radius 1 is 0.862 bits per heavy atom. The molecule has 5 heteroatoms. The Morgan fingerprint density at radius 2 is 1.55 bits per heavy atom. The number of carbonyl (C=O) groups excluding carboxylic acids is 2. The molecule has 0 aliphatic rings. The Balaban J connectivity index is 1.46. The van der Waals surface area contributed by atoms with Crippen molar-refractivity contribution in [2.24, 2.45) is 0 Å². The lowest BCUT2D eigenvalue weighted by Crippen LogP contribution is -2.40. The lowest BCUT2D eigenvalue weighted by atomic mass is 10.1. The Bertz CT molecular complexity index is 979. The summed E-state index contributed by atoms with van der Waals surface area (Å²) in [6, 6.07) is 24.3. The maximum Gasteiger partial charge on any atom is 0.269 e. The normalized spacial score (nSPS) is 10.5. The van der Waals surface area contributed by atoms with Crippen molar-refractivity contribution in [3.63, 3.8) is 0 Å². The number of rotatable bonds is 6. The first kappa shape index (κ1) is 19.9. The lowest BCUT2D eigenvalue weighted by Gasteiger charge is -2.08. The highest BCUT2D eigenvalue weighted by molar-refractivity contribution is 5.97. The van der Waals surface area contributed by atoms with Crippen LogP contribution in [0.3, 0.4) is 0 Å². The van der Waals surface area contributed by atoms with Gasteiger partial charge in [-0.3, -0.25) is 20.4 Å². The predicted octanol–water partition coefficient (Wildman–Crippen LogP) is 4.05. The molecular formula is C24H22N2O3. The summed E-state index contributed by atoms with van der Waals surface area (Å²) in [6.07, 6.45) is 3.05. The van der Waals surface area contributed by atoms with Crippen LogP contribution in [-0.4, -0.2) is 11.8 Å². The third-order valence-electron chi connectivity index (χ3n) is 4.17. The molecule has 0 aliphatic heterocycles. The highest BCUT2D eigenvalue weighted by atomic mass is 16.5. The average Bonchev–Trinajstić information content (AvgIpc) is 2.76. The van der Waals surface area contributed by atoms with Gasteiger partial charge in [0.1, 0.15) is 12.4 Å². The van der Waals surface area contributed by atoms with Gasteiger partial charge in [0.05, 0.1) is 0 Å². The minimum atomic E-state index is -0.415. The van der Waals surface area contributed by atoms with Crippen molar-refractivity contribution in [3.8, 4) is 5.75 Å². The smallest absolute Gasteiger partial charge is 0.269 e. The maximum atomic E-state index is 12.2. The van der Waals surface area contributed by atoms with Gasteiger partial charge < -0.3 is 4.74 Å². The zero-order chi connectivity index (χ0) is 20.5. The Kier molecular flexibility index (Phi) is 6.79. The summed E-state index contributed by atoms with van der Waals surface area (Å²) in [5.74, 6) is -0.158. The second-order valence-electron chi connectivity index (χ2n) is 6.49. The molecule has 0 aliphatic carbocycles. The molecule has 3 aromatic carbocycles. The molecule has 0 atom stereocenters. The number of aryl methyl sites for hydroxylation is 1. The van der Waals surface area contributed by atoms with Crippen molar-refractivity contribution in [2.75, 3.05) is 0 Å². The minimum absolute atomic E-state index is 0.406. The van der Waals surface area contributed by atoms with Crippen LogP contribution in [0, 0.1) is 6.92 Å². The zero-order valence-corrected chi connectivity index (χ0v) is 16.1. The van der Waals surface area contributed by atoms with Crippen molar-refractivity contribution >= 4 is 17.9 Å². The first-order valence-corrected chi connectivity index (χ1v) is 9.22. The monoisotopic (exact) mass is 386 g/mol. The number of carbonyl (C=O) groups is 2. The number of ether oxygens (including phenoxy) is 1. The fourth-order valence-corrected chi connectivity index (χ4v) is 2.53. The van der Waals surface area contributed by atoms with Crippen LogP contribution in [-0.2, 0) is 11.4 Å². The van der Waals surface area contributed by atoms with Gasteiger partial charge in [-0.05, 0) is 48.4 Å². The molecule has 0 heterocycles. The van der Waals surface area contributed by atoms with Gasteiger partial charge in [-0.25, -0.2) is 0 Å². The summed E-state index contributed by atoms with van der Waals surface area (Å²) in [5.41, 5.74) is 8.29. The van der Waals surface area contributed by atoms with E-state index in [9.17, 15) is 9.59 Å². The van der Waals surface area contributed by atoms with E-state index >= 15 is 0 Å². The van der Waals surface area contributed by atoms with Crippen LogP contribution in [0.5, 0.6) is 5.75 Å². The van der Waals surface area contributed by atoms with Gasteiger partial charge in [0.25, 0.3) is 11.8 Å². The van der Waals surface area contributed by atoms with Gasteiger partial charge in [-0.15, -0.1) is 0 Å². The van der Waals surface area contributed by atoms with E-state index in [2.05, 4.69) is 10.9 Å². The molecule has 2 amide bonds. The Morgan fingerprint density at radius 3 is 2.24 bits per heavy atom. The molecule has 3 aromatic rings. The number of nitrogens with one attached hydrogen (secondary N) is 2. The molecular weight excluding hydrogens is 364 g/mol. The van der Waals surface area contributed by atoms with E-state index < -0.39 is 11.8 Å². The van der Waals surface area contributed by atoms with Crippen LogP contribution >= 0.6 is 0 Å². The van der Waals surface area contributed by atoms with E-state index in [-0.39, 0.29) is 0 Å². The van der Waals surface area contributed by atoms with Gasteiger partial charge in [-0.1, -0.05) is 60.2 Å². The summed E-state index contributed by atoms with van der Waals surface area (Å²) in [5, 5.41) is 0. The average molecular weight is 386 g/mol. The highest BCUT2D eigenvalue weighted by Crippen LogP contribution is 2.14. The number of benzene rings is 3. The third kappa shape index (κ3) is 6.36. The summed E-state index contributed by atoms with van der Waals surface area (Å²) in [6.45, 7) is 2.45. The largest absolute Gasteiger partial charge is 0.489 e. The van der Waals surface area contributed by atoms with Crippen LogP contribution in [0.1, 0.15) is 27.0 Å². The molecule has 3 rings (SSSR count). The fraction of sp³-hybridized carbons (Fsp3) is 0.0833. The van der Waals surface area contributed by atoms with E-state index in [1.54, 1.807) is 30.3 Å². The quantitative estimate of drug-likeness (QED) is 0.496. The van der Waals surface area contributed by atoms with E-state index in [1.165, 1.54) is 6.08 Å². The molecule has 5 nitrogen and oxygen atoms in total. The molecule has 0 fully saturated rings. The summed E-state index contributed by atoms with van der Waals surface area (Å²) in [7, 11) is 0. The molecule has 0 saturated heterocycles. The fourth-order valence-electron chi connectivity index (χ4n) is 2.53. The van der Waals surface area contributed by atoms with Crippen LogP contribution in [0.4, 0.5) is 0 Å². The number of amides is 2. The van der Waals surface area contributed by atoms with E-state index in [0.29, 0.717) is 17.9 Å². The van der Waals surface area contributed by atoms with Crippen molar-refractivity contribution in [1.29, 1.82) is 0 Å². The highest BCUT2D eigenvalue weighted by Gasteiger charge is 2.06. The van der Waals surface area contributed by atoms with Gasteiger partial charge in [0, 0.05) is 11.6 Å². The van der Waals surface area contributed by atoms with E-state index in [4.69, 9.17) is 4.74 Å². The van der Waals surface area contributed by atoms with Crippen LogP contribution in [0.25, 0.3) is 6.08 Å². The van der Waals surface area contributed by atoms with Crippen molar-refractivity contribution < 1.29 is 14.3 Å². The molecule has 0 radical (unpaired) electrons. The SMILES string of the molecule is Cc1ccc(/C=C/C(=O)NNC(=O)c2ccc(OCc3ccccc3)cc2)cc1. The molecule has 0 bridgehead atoms.